The maximum atomic E-state index is 12.2. The minimum Gasteiger partial charge on any atom is -0.475 e. The number of rotatable bonds is 3. The van der Waals surface area contributed by atoms with Crippen molar-refractivity contribution in [3.05, 3.63) is 53.6 Å². The fraction of sp³-hybridized carbons (Fsp3) is 0.0769. The number of hydrogen-bond donors (Lipinski definition) is 1. The van der Waals surface area contributed by atoms with Gasteiger partial charge in [0.1, 0.15) is 5.69 Å². The molecule has 7 nitrogen and oxygen atoms in total. The molecular formula is C13H9F3N2O5S. The predicted molar refractivity (Wildman–Crippen MR) is 75.3 cm³/mol. The number of carbonyl (C=O) groups is 1. The van der Waals surface area contributed by atoms with Crippen LogP contribution in [0.1, 0.15) is 0 Å². The van der Waals surface area contributed by atoms with Gasteiger partial charge in [0.05, 0.1) is 4.90 Å². The number of benzene rings is 1. The number of pyridine rings is 1. The van der Waals surface area contributed by atoms with Crippen LogP contribution in [-0.2, 0) is 14.6 Å². The Morgan fingerprint density at radius 1 is 1.08 bits per heavy atom. The molecule has 0 unspecified atom stereocenters. The number of aromatic nitrogens is 1. The lowest BCUT2D eigenvalue weighted by molar-refractivity contribution is -0.192. The third kappa shape index (κ3) is 4.84. The van der Waals surface area contributed by atoms with Gasteiger partial charge in [-0.2, -0.15) is 13.2 Å². The van der Waals surface area contributed by atoms with Crippen molar-refractivity contribution in [2.24, 2.45) is 5.18 Å². The summed E-state index contributed by atoms with van der Waals surface area (Å²) >= 11 is 0. The monoisotopic (exact) mass is 362 g/mol. The standard InChI is InChI=1S/C11H8N2O3S.C2HF3O2/c14-13-10-7-4-8-12-11(10)17(15,16)9-5-2-1-3-6-9;3-2(4,5)1(6)7/h1-8H;(H,6,7). The summed E-state index contributed by atoms with van der Waals surface area (Å²) in [4.78, 5) is 23.2. The van der Waals surface area contributed by atoms with E-state index in [1.807, 2.05) is 0 Å². The van der Waals surface area contributed by atoms with Crippen molar-refractivity contribution >= 4 is 21.5 Å². The summed E-state index contributed by atoms with van der Waals surface area (Å²) in [5, 5.41) is 9.48. The summed E-state index contributed by atoms with van der Waals surface area (Å²) < 4.78 is 56.0. The van der Waals surface area contributed by atoms with Crippen LogP contribution in [0.25, 0.3) is 0 Å². The number of carboxylic acid groups (broad SMARTS) is 1. The third-order valence-corrected chi connectivity index (χ3v) is 4.12. The van der Waals surface area contributed by atoms with Crippen LogP contribution in [0.4, 0.5) is 18.9 Å². The molecule has 11 heteroatoms. The average Bonchev–Trinajstić information content (AvgIpc) is 2.55. The molecule has 128 valence electrons. The van der Waals surface area contributed by atoms with E-state index < -0.39 is 22.0 Å². The first kappa shape index (κ1) is 19.2. The normalized spacial score (nSPS) is 11.1. The van der Waals surface area contributed by atoms with Crippen molar-refractivity contribution in [2.75, 3.05) is 0 Å². The van der Waals surface area contributed by atoms with Crippen LogP contribution in [0, 0.1) is 4.91 Å². The van der Waals surface area contributed by atoms with Crippen LogP contribution >= 0.6 is 0 Å². The minimum atomic E-state index is -5.08. The molecule has 0 bridgehead atoms. The topological polar surface area (TPSA) is 114 Å². The Balaban J connectivity index is 0.000000351. The first-order valence-corrected chi connectivity index (χ1v) is 7.47. The molecule has 0 saturated heterocycles. The second-order valence-corrected chi connectivity index (χ2v) is 5.90. The highest BCUT2D eigenvalue weighted by molar-refractivity contribution is 7.91. The highest BCUT2D eigenvalue weighted by Gasteiger charge is 2.38. The van der Waals surface area contributed by atoms with Gasteiger partial charge in [0, 0.05) is 6.20 Å². The Morgan fingerprint density at radius 2 is 1.62 bits per heavy atom. The van der Waals surface area contributed by atoms with Crippen LogP contribution < -0.4 is 0 Å². The van der Waals surface area contributed by atoms with Crippen LogP contribution in [0.5, 0.6) is 0 Å². The molecule has 0 aliphatic rings. The predicted octanol–water partition coefficient (Wildman–Crippen LogP) is 2.95. The molecule has 0 aliphatic heterocycles. The van der Waals surface area contributed by atoms with Crippen molar-refractivity contribution in [1.29, 1.82) is 0 Å². The zero-order chi connectivity index (χ0) is 18.4. The zero-order valence-corrected chi connectivity index (χ0v) is 12.5. The molecule has 24 heavy (non-hydrogen) atoms. The van der Waals surface area contributed by atoms with Gasteiger partial charge in [-0.3, -0.25) is 0 Å². The van der Waals surface area contributed by atoms with Gasteiger partial charge in [-0.1, -0.05) is 18.2 Å². The quantitative estimate of drug-likeness (QED) is 0.840. The highest BCUT2D eigenvalue weighted by atomic mass is 32.2. The summed E-state index contributed by atoms with van der Waals surface area (Å²) in [6, 6.07) is 10.6. The molecule has 1 aromatic carbocycles. The van der Waals surface area contributed by atoms with E-state index in [9.17, 15) is 26.5 Å². The zero-order valence-electron chi connectivity index (χ0n) is 11.6. The number of alkyl halides is 3. The lowest BCUT2D eigenvalue weighted by Gasteiger charge is -2.04. The van der Waals surface area contributed by atoms with E-state index in [1.165, 1.54) is 30.5 Å². The Hall–Kier alpha value is -2.82. The molecule has 1 heterocycles. The molecule has 0 saturated carbocycles. The highest BCUT2D eigenvalue weighted by Crippen LogP contribution is 2.26. The second-order valence-electron chi connectivity index (χ2n) is 4.04. The van der Waals surface area contributed by atoms with Crippen molar-refractivity contribution < 1.29 is 31.5 Å². The van der Waals surface area contributed by atoms with E-state index in [2.05, 4.69) is 10.2 Å². The Morgan fingerprint density at radius 3 is 2.08 bits per heavy atom. The summed E-state index contributed by atoms with van der Waals surface area (Å²) in [5.41, 5.74) is -0.184. The largest absolute Gasteiger partial charge is 0.490 e. The Kier molecular flexibility index (Phi) is 6.12. The Bertz CT molecular complexity index is 823. The molecule has 0 amide bonds. The van der Waals surface area contributed by atoms with Gasteiger partial charge in [-0.25, -0.2) is 18.2 Å². The number of halogens is 3. The van der Waals surface area contributed by atoms with E-state index in [0.29, 0.717) is 0 Å². The summed E-state index contributed by atoms with van der Waals surface area (Å²) in [7, 11) is -3.79. The molecule has 2 aromatic rings. The number of hydrogen-bond acceptors (Lipinski definition) is 6. The van der Waals surface area contributed by atoms with E-state index in [4.69, 9.17) is 9.90 Å². The van der Waals surface area contributed by atoms with Gasteiger partial charge in [0.25, 0.3) is 0 Å². The van der Waals surface area contributed by atoms with Gasteiger partial charge in [0.2, 0.25) is 9.84 Å². The average molecular weight is 362 g/mol. The van der Waals surface area contributed by atoms with E-state index in [1.54, 1.807) is 18.2 Å². The summed E-state index contributed by atoms with van der Waals surface area (Å²) in [6.45, 7) is 0. The SMILES string of the molecule is O=C(O)C(F)(F)F.O=Nc1cccnc1S(=O)(=O)c1ccccc1. The van der Waals surface area contributed by atoms with E-state index in [0.717, 1.165) is 0 Å². The summed E-state index contributed by atoms with van der Waals surface area (Å²) in [5.74, 6) is -2.76. The minimum absolute atomic E-state index is 0.0867. The van der Waals surface area contributed by atoms with Gasteiger partial charge in [0.15, 0.2) is 5.03 Å². The molecule has 2 rings (SSSR count). The third-order valence-electron chi connectivity index (χ3n) is 2.40. The van der Waals surface area contributed by atoms with Crippen LogP contribution in [0.2, 0.25) is 0 Å². The van der Waals surface area contributed by atoms with Crippen molar-refractivity contribution in [3.8, 4) is 0 Å². The number of nitroso groups, excluding NO2 is 1. The fourth-order valence-electron chi connectivity index (χ4n) is 1.37. The molecule has 1 aromatic heterocycles. The second kappa shape index (κ2) is 7.64. The van der Waals surface area contributed by atoms with Gasteiger partial charge in [-0.05, 0) is 29.4 Å². The number of nitrogens with zero attached hydrogens (tertiary/aromatic N) is 2. The van der Waals surface area contributed by atoms with E-state index in [-0.39, 0.29) is 15.6 Å². The van der Waals surface area contributed by atoms with Crippen LogP contribution in [0.3, 0.4) is 0 Å². The fourth-order valence-corrected chi connectivity index (χ4v) is 2.69. The smallest absolute Gasteiger partial charge is 0.475 e. The molecule has 0 aliphatic carbocycles. The number of carboxylic acids is 1. The number of sulfone groups is 1. The lowest BCUT2D eigenvalue weighted by atomic mass is 10.4. The maximum Gasteiger partial charge on any atom is 0.490 e. The molecule has 0 spiro atoms. The van der Waals surface area contributed by atoms with Gasteiger partial charge >= 0.3 is 12.1 Å². The number of aliphatic carboxylic acids is 1. The maximum absolute atomic E-state index is 12.2. The Labute approximate surface area is 133 Å². The molecular weight excluding hydrogens is 353 g/mol. The first-order valence-electron chi connectivity index (χ1n) is 5.99. The van der Waals surface area contributed by atoms with Crippen LogP contribution in [0.15, 0.2) is 63.8 Å². The van der Waals surface area contributed by atoms with Crippen LogP contribution in [-0.4, -0.2) is 30.7 Å². The first-order chi connectivity index (χ1) is 11.1. The molecule has 0 atom stereocenters. The van der Waals surface area contributed by atoms with Crippen molar-refractivity contribution in [1.82, 2.24) is 4.98 Å². The molecule has 0 fully saturated rings. The van der Waals surface area contributed by atoms with Crippen molar-refractivity contribution in [2.45, 2.75) is 16.1 Å². The summed E-state index contributed by atoms with van der Waals surface area (Å²) in [6.07, 6.45) is -3.77. The molecule has 0 radical (unpaired) electrons. The lowest BCUT2D eigenvalue weighted by Crippen LogP contribution is -2.21. The molecule has 1 N–H and O–H groups in total. The van der Waals surface area contributed by atoms with E-state index >= 15 is 0 Å². The van der Waals surface area contributed by atoms with Crippen molar-refractivity contribution in [3.63, 3.8) is 0 Å². The van der Waals surface area contributed by atoms with Gasteiger partial charge < -0.3 is 5.11 Å². The van der Waals surface area contributed by atoms with Gasteiger partial charge in [-0.15, -0.1) is 4.91 Å².